The molecule has 1 aromatic carbocycles. The maximum Gasteiger partial charge on any atom is 0.433 e. The standard InChI is InChI=1S/C22H16ClF4N5O2/c1-21(33)7-11(8-21)32-20(22(25,26)27)12(9-30-32)19-17(15-5-6-28-10-29-15)18(31-34-19)16-13(23)3-2-4-14(16)24/h2-6,9-11,33H,7-8H2,1H3. The van der Waals surface area contributed by atoms with Crippen LogP contribution in [0.3, 0.4) is 0 Å². The summed E-state index contributed by atoms with van der Waals surface area (Å²) in [6.07, 6.45) is -0.975. The molecule has 1 saturated carbocycles. The zero-order valence-electron chi connectivity index (χ0n) is 17.5. The van der Waals surface area contributed by atoms with Gasteiger partial charge in [0.25, 0.3) is 0 Å². The Labute approximate surface area is 195 Å². The predicted molar refractivity (Wildman–Crippen MR) is 113 cm³/mol. The monoisotopic (exact) mass is 493 g/mol. The van der Waals surface area contributed by atoms with Gasteiger partial charge in [0.2, 0.25) is 0 Å². The number of aromatic nitrogens is 5. The summed E-state index contributed by atoms with van der Waals surface area (Å²) >= 11 is 6.21. The molecule has 0 bridgehead atoms. The van der Waals surface area contributed by atoms with Crippen LogP contribution < -0.4 is 0 Å². The van der Waals surface area contributed by atoms with Gasteiger partial charge in [-0.25, -0.2) is 14.4 Å². The van der Waals surface area contributed by atoms with Crippen molar-refractivity contribution >= 4 is 11.6 Å². The van der Waals surface area contributed by atoms with E-state index < -0.39 is 29.3 Å². The molecule has 1 aliphatic carbocycles. The molecule has 0 aliphatic heterocycles. The molecular formula is C22H16ClF4N5O2. The minimum absolute atomic E-state index is 0.00130. The maximum absolute atomic E-state index is 14.7. The summed E-state index contributed by atoms with van der Waals surface area (Å²) in [5.74, 6) is -1.02. The van der Waals surface area contributed by atoms with Crippen LogP contribution in [-0.4, -0.2) is 35.6 Å². The minimum Gasteiger partial charge on any atom is -0.390 e. The van der Waals surface area contributed by atoms with Gasteiger partial charge in [0, 0.05) is 6.20 Å². The van der Waals surface area contributed by atoms with E-state index in [1.165, 1.54) is 30.7 Å². The second-order valence-electron chi connectivity index (χ2n) is 8.33. The number of aliphatic hydroxyl groups is 1. The quantitative estimate of drug-likeness (QED) is 0.374. The molecule has 4 aromatic rings. The van der Waals surface area contributed by atoms with Crippen LogP contribution in [0.15, 0.2) is 47.5 Å². The molecule has 176 valence electrons. The summed E-state index contributed by atoms with van der Waals surface area (Å²) in [7, 11) is 0. The molecule has 0 radical (unpaired) electrons. The van der Waals surface area contributed by atoms with Crippen molar-refractivity contribution in [2.75, 3.05) is 0 Å². The van der Waals surface area contributed by atoms with E-state index in [0.29, 0.717) is 0 Å². The molecular weight excluding hydrogens is 478 g/mol. The molecule has 3 aromatic heterocycles. The van der Waals surface area contributed by atoms with Crippen molar-refractivity contribution in [2.45, 2.75) is 37.6 Å². The van der Waals surface area contributed by atoms with Crippen LogP contribution in [0.1, 0.15) is 31.5 Å². The summed E-state index contributed by atoms with van der Waals surface area (Å²) in [4.78, 5) is 7.94. The summed E-state index contributed by atoms with van der Waals surface area (Å²) in [6.45, 7) is 1.55. The van der Waals surface area contributed by atoms with E-state index in [4.69, 9.17) is 16.1 Å². The Kier molecular flexibility index (Phi) is 5.21. The Morgan fingerprint density at radius 1 is 1.21 bits per heavy atom. The lowest BCUT2D eigenvalue weighted by atomic mass is 9.77. The van der Waals surface area contributed by atoms with Crippen LogP contribution in [0.2, 0.25) is 5.02 Å². The van der Waals surface area contributed by atoms with Gasteiger partial charge in [0.05, 0.1) is 45.2 Å². The van der Waals surface area contributed by atoms with Crippen molar-refractivity contribution in [2.24, 2.45) is 0 Å². The number of alkyl halides is 3. The highest BCUT2D eigenvalue weighted by molar-refractivity contribution is 6.33. The van der Waals surface area contributed by atoms with Gasteiger partial charge >= 0.3 is 6.18 Å². The third-order valence-electron chi connectivity index (χ3n) is 5.73. The van der Waals surface area contributed by atoms with Crippen LogP contribution in [-0.2, 0) is 6.18 Å². The molecule has 0 saturated heterocycles. The second-order valence-corrected chi connectivity index (χ2v) is 8.74. The fourth-order valence-electron chi connectivity index (χ4n) is 4.26. The molecule has 0 amide bonds. The van der Waals surface area contributed by atoms with Crippen LogP contribution >= 0.6 is 11.6 Å². The van der Waals surface area contributed by atoms with E-state index in [0.717, 1.165) is 16.9 Å². The highest BCUT2D eigenvalue weighted by Crippen LogP contribution is 2.49. The van der Waals surface area contributed by atoms with Gasteiger partial charge in [0.15, 0.2) is 11.5 Å². The van der Waals surface area contributed by atoms with Crippen molar-refractivity contribution < 1.29 is 27.2 Å². The molecule has 0 spiro atoms. The third-order valence-corrected chi connectivity index (χ3v) is 6.05. The SMILES string of the molecule is CC1(O)CC(n2ncc(-c3onc(-c4c(F)cccc4Cl)c3-c3ccncn3)c2C(F)(F)F)C1. The summed E-state index contributed by atoms with van der Waals surface area (Å²) in [5.41, 5.74) is -2.59. The van der Waals surface area contributed by atoms with Crippen molar-refractivity contribution in [3.8, 4) is 33.8 Å². The Morgan fingerprint density at radius 2 is 1.97 bits per heavy atom. The van der Waals surface area contributed by atoms with Gasteiger partial charge in [0.1, 0.15) is 17.8 Å². The molecule has 3 heterocycles. The maximum atomic E-state index is 14.7. The largest absolute Gasteiger partial charge is 0.433 e. The average Bonchev–Trinajstić information content (AvgIpc) is 3.37. The number of nitrogens with zero attached hydrogens (tertiary/aromatic N) is 5. The summed E-state index contributed by atoms with van der Waals surface area (Å²) in [5, 5.41) is 17.9. The first-order valence-corrected chi connectivity index (χ1v) is 10.5. The van der Waals surface area contributed by atoms with Crippen LogP contribution in [0.4, 0.5) is 17.6 Å². The Balaban J connectivity index is 1.75. The highest BCUT2D eigenvalue weighted by Gasteiger charge is 2.47. The minimum atomic E-state index is -4.81. The highest BCUT2D eigenvalue weighted by atomic mass is 35.5. The van der Waals surface area contributed by atoms with E-state index in [9.17, 15) is 22.7 Å². The number of benzene rings is 1. The van der Waals surface area contributed by atoms with Gasteiger partial charge in [-0.3, -0.25) is 4.68 Å². The zero-order valence-corrected chi connectivity index (χ0v) is 18.3. The fraction of sp³-hybridized carbons (Fsp3) is 0.273. The predicted octanol–water partition coefficient (Wildman–Crippen LogP) is 5.56. The lowest BCUT2D eigenvalue weighted by molar-refractivity contribution is -0.148. The van der Waals surface area contributed by atoms with E-state index in [1.807, 2.05) is 0 Å². The van der Waals surface area contributed by atoms with E-state index in [1.54, 1.807) is 6.92 Å². The topological polar surface area (TPSA) is 89.9 Å². The molecule has 0 unspecified atom stereocenters. The summed E-state index contributed by atoms with van der Waals surface area (Å²) in [6, 6.07) is 4.77. The first-order chi connectivity index (χ1) is 16.1. The first-order valence-electron chi connectivity index (χ1n) is 10.1. The molecule has 12 heteroatoms. The van der Waals surface area contributed by atoms with Crippen LogP contribution in [0.5, 0.6) is 0 Å². The number of rotatable bonds is 4. The Morgan fingerprint density at radius 3 is 2.59 bits per heavy atom. The van der Waals surface area contributed by atoms with Gasteiger partial charge in [-0.05, 0) is 38.0 Å². The van der Waals surface area contributed by atoms with Crippen molar-refractivity contribution in [3.63, 3.8) is 0 Å². The fourth-order valence-corrected chi connectivity index (χ4v) is 4.51. The van der Waals surface area contributed by atoms with Gasteiger partial charge in [-0.15, -0.1) is 0 Å². The normalized spacial score (nSPS) is 20.4. The summed E-state index contributed by atoms with van der Waals surface area (Å²) < 4.78 is 63.7. The van der Waals surface area contributed by atoms with Crippen molar-refractivity contribution in [1.82, 2.24) is 24.9 Å². The van der Waals surface area contributed by atoms with Crippen LogP contribution in [0, 0.1) is 5.82 Å². The Hall–Kier alpha value is -3.31. The van der Waals surface area contributed by atoms with Gasteiger partial charge in [-0.1, -0.05) is 22.8 Å². The molecule has 1 aliphatic rings. The molecule has 0 atom stereocenters. The third kappa shape index (κ3) is 3.74. The molecule has 1 N–H and O–H groups in total. The lowest BCUT2D eigenvalue weighted by Gasteiger charge is -2.41. The van der Waals surface area contributed by atoms with Crippen molar-refractivity contribution in [1.29, 1.82) is 0 Å². The van der Waals surface area contributed by atoms with Gasteiger partial charge < -0.3 is 9.63 Å². The van der Waals surface area contributed by atoms with Gasteiger partial charge in [-0.2, -0.15) is 18.3 Å². The molecule has 1 fully saturated rings. The van der Waals surface area contributed by atoms with E-state index in [-0.39, 0.29) is 51.7 Å². The first kappa shape index (κ1) is 22.5. The number of halogens is 5. The molecule has 7 nitrogen and oxygen atoms in total. The average molecular weight is 494 g/mol. The van der Waals surface area contributed by atoms with E-state index in [2.05, 4.69) is 20.2 Å². The van der Waals surface area contributed by atoms with Crippen LogP contribution in [0.25, 0.3) is 33.8 Å². The lowest BCUT2D eigenvalue weighted by Crippen LogP contribution is -2.43. The number of hydrogen-bond donors (Lipinski definition) is 1. The number of hydrogen-bond acceptors (Lipinski definition) is 6. The zero-order chi connectivity index (χ0) is 24.3. The Bertz CT molecular complexity index is 1340. The molecule has 34 heavy (non-hydrogen) atoms. The smallest absolute Gasteiger partial charge is 0.390 e. The molecule has 5 rings (SSSR count). The second kappa shape index (κ2) is 7.88. The van der Waals surface area contributed by atoms with E-state index >= 15 is 0 Å². The van der Waals surface area contributed by atoms with Crippen molar-refractivity contribution in [3.05, 3.63) is 59.5 Å².